The second-order valence-corrected chi connectivity index (χ2v) is 3.86. The molecular formula is C13H7F4N3. The smallest absolute Gasteiger partial charge is 0.340 e. The topological polar surface area (TPSA) is 48.7 Å². The number of aromatic nitrogens is 1. The summed E-state index contributed by atoms with van der Waals surface area (Å²) < 4.78 is 50.7. The van der Waals surface area contributed by atoms with Crippen molar-refractivity contribution in [3.8, 4) is 6.07 Å². The van der Waals surface area contributed by atoms with Crippen LogP contribution in [0.4, 0.5) is 29.1 Å². The molecule has 0 aliphatic rings. The number of alkyl halides is 3. The van der Waals surface area contributed by atoms with E-state index in [1.54, 1.807) is 0 Å². The molecule has 0 fully saturated rings. The molecule has 0 spiro atoms. The molecule has 2 rings (SSSR count). The number of halogens is 4. The Bertz CT molecular complexity index is 657. The van der Waals surface area contributed by atoms with E-state index in [1.165, 1.54) is 24.4 Å². The molecule has 1 N–H and O–H groups in total. The fourth-order valence-electron chi connectivity index (χ4n) is 1.50. The molecule has 1 aromatic heterocycles. The zero-order chi connectivity index (χ0) is 14.8. The van der Waals surface area contributed by atoms with Gasteiger partial charge in [0.05, 0.1) is 11.1 Å². The zero-order valence-electron chi connectivity index (χ0n) is 9.87. The molecule has 0 bridgehead atoms. The summed E-state index contributed by atoms with van der Waals surface area (Å²) in [6, 6.07) is 7.33. The van der Waals surface area contributed by atoms with Gasteiger partial charge < -0.3 is 5.32 Å². The third-order valence-corrected chi connectivity index (χ3v) is 2.44. The van der Waals surface area contributed by atoms with Gasteiger partial charge in [-0.05, 0) is 30.3 Å². The number of rotatable bonds is 2. The number of nitriles is 1. The van der Waals surface area contributed by atoms with Gasteiger partial charge in [0.1, 0.15) is 17.7 Å². The second-order valence-electron chi connectivity index (χ2n) is 3.86. The van der Waals surface area contributed by atoms with Crippen LogP contribution in [-0.2, 0) is 6.18 Å². The quantitative estimate of drug-likeness (QED) is 0.850. The maximum Gasteiger partial charge on any atom is 0.419 e. The van der Waals surface area contributed by atoms with Gasteiger partial charge in [-0.25, -0.2) is 9.37 Å². The van der Waals surface area contributed by atoms with Crippen LogP contribution < -0.4 is 5.32 Å². The Morgan fingerprint density at radius 2 is 1.90 bits per heavy atom. The van der Waals surface area contributed by atoms with Crippen LogP contribution in [0.25, 0.3) is 0 Å². The summed E-state index contributed by atoms with van der Waals surface area (Å²) in [5, 5.41) is 11.2. The van der Waals surface area contributed by atoms with E-state index >= 15 is 0 Å². The summed E-state index contributed by atoms with van der Waals surface area (Å²) in [5.74, 6) is -1.08. The van der Waals surface area contributed by atoms with Gasteiger partial charge in [-0.2, -0.15) is 18.4 Å². The molecule has 0 saturated carbocycles. The summed E-state index contributed by atoms with van der Waals surface area (Å²) in [7, 11) is 0. The molecule has 0 aliphatic heterocycles. The standard InChI is InChI=1S/C13H7F4N3/c14-11-3-2-9(5-10(11)13(15,16)17)20-12-4-1-8(6-18)7-19-12/h1-5,7H,(H,19,20). The van der Waals surface area contributed by atoms with E-state index in [0.717, 1.165) is 6.07 Å². The molecule has 20 heavy (non-hydrogen) atoms. The minimum absolute atomic E-state index is 0.0518. The van der Waals surface area contributed by atoms with Gasteiger partial charge in [0.15, 0.2) is 0 Å². The van der Waals surface area contributed by atoms with Crippen molar-refractivity contribution >= 4 is 11.5 Å². The third-order valence-electron chi connectivity index (χ3n) is 2.44. The molecule has 0 amide bonds. The van der Waals surface area contributed by atoms with E-state index in [9.17, 15) is 17.6 Å². The first-order chi connectivity index (χ1) is 9.40. The first-order valence-electron chi connectivity index (χ1n) is 5.40. The first kappa shape index (κ1) is 13.8. The predicted octanol–water partition coefficient (Wildman–Crippen LogP) is 3.85. The number of anilines is 2. The SMILES string of the molecule is N#Cc1ccc(Nc2ccc(F)c(C(F)(F)F)c2)nc1. The van der Waals surface area contributed by atoms with Gasteiger partial charge in [-0.15, -0.1) is 0 Å². The van der Waals surface area contributed by atoms with Crippen LogP contribution in [0, 0.1) is 17.1 Å². The Kier molecular flexibility index (Phi) is 3.57. The van der Waals surface area contributed by atoms with Crippen LogP contribution in [-0.4, -0.2) is 4.98 Å². The van der Waals surface area contributed by atoms with Gasteiger partial charge in [0.25, 0.3) is 0 Å². The van der Waals surface area contributed by atoms with E-state index in [2.05, 4.69) is 10.3 Å². The van der Waals surface area contributed by atoms with E-state index in [-0.39, 0.29) is 11.5 Å². The van der Waals surface area contributed by atoms with Crippen LogP contribution in [0.5, 0.6) is 0 Å². The monoisotopic (exact) mass is 281 g/mol. The van der Waals surface area contributed by atoms with Crippen molar-refractivity contribution in [2.75, 3.05) is 5.32 Å². The second kappa shape index (κ2) is 5.17. The van der Waals surface area contributed by atoms with Crippen molar-refractivity contribution in [2.45, 2.75) is 6.18 Å². The average molecular weight is 281 g/mol. The fraction of sp³-hybridized carbons (Fsp3) is 0.0769. The molecular weight excluding hydrogens is 274 g/mol. The van der Waals surface area contributed by atoms with Gasteiger partial charge >= 0.3 is 6.18 Å². The molecule has 0 atom stereocenters. The van der Waals surface area contributed by atoms with E-state index in [0.29, 0.717) is 11.6 Å². The number of benzene rings is 1. The van der Waals surface area contributed by atoms with Gasteiger partial charge in [0.2, 0.25) is 0 Å². The highest BCUT2D eigenvalue weighted by Crippen LogP contribution is 2.33. The van der Waals surface area contributed by atoms with Crippen LogP contribution in [0.1, 0.15) is 11.1 Å². The Balaban J connectivity index is 2.28. The summed E-state index contributed by atoms with van der Waals surface area (Å²) >= 11 is 0. The number of nitrogens with one attached hydrogen (secondary N) is 1. The van der Waals surface area contributed by atoms with Gasteiger partial charge in [-0.3, -0.25) is 0 Å². The molecule has 1 heterocycles. The lowest BCUT2D eigenvalue weighted by Crippen LogP contribution is -2.08. The van der Waals surface area contributed by atoms with Crippen molar-refractivity contribution in [2.24, 2.45) is 0 Å². The van der Waals surface area contributed by atoms with Crippen molar-refractivity contribution in [1.82, 2.24) is 4.98 Å². The number of hydrogen-bond donors (Lipinski definition) is 1. The molecule has 102 valence electrons. The minimum Gasteiger partial charge on any atom is -0.340 e. The summed E-state index contributed by atoms with van der Waals surface area (Å²) in [5.41, 5.74) is -0.974. The van der Waals surface area contributed by atoms with Crippen LogP contribution in [0.2, 0.25) is 0 Å². The van der Waals surface area contributed by atoms with Crippen LogP contribution >= 0.6 is 0 Å². The molecule has 0 aliphatic carbocycles. The number of nitrogens with zero attached hydrogens (tertiary/aromatic N) is 2. The van der Waals surface area contributed by atoms with E-state index < -0.39 is 17.6 Å². The van der Waals surface area contributed by atoms with Gasteiger partial charge in [-0.1, -0.05) is 0 Å². The van der Waals surface area contributed by atoms with Crippen molar-refractivity contribution in [3.05, 3.63) is 53.5 Å². The Morgan fingerprint density at radius 1 is 1.15 bits per heavy atom. The minimum atomic E-state index is -4.76. The summed E-state index contributed by atoms with van der Waals surface area (Å²) in [6.45, 7) is 0. The maximum absolute atomic E-state index is 13.1. The normalized spacial score (nSPS) is 10.9. The third kappa shape index (κ3) is 3.03. The first-order valence-corrected chi connectivity index (χ1v) is 5.40. The molecule has 1 aromatic carbocycles. The lowest BCUT2D eigenvalue weighted by Gasteiger charge is -2.11. The number of pyridine rings is 1. The van der Waals surface area contributed by atoms with E-state index in [4.69, 9.17) is 5.26 Å². The molecule has 0 saturated heterocycles. The highest BCUT2D eigenvalue weighted by atomic mass is 19.4. The lowest BCUT2D eigenvalue weighted by atomic mass is 10.2. The fourth-order valence-corrected chi connectivity index (χ4v) is 1.50. The Morgan fingerprint density at radius 3 is 2.45 bits per heavy atom. The molecule has 7 heteroatoms. The zero-order valence-corrected chi connectivity index (χ0v) is 9.87. The van der Waals surface area contributed by atoms with Crippen molar-refractivity contribution in [1.29, 1.82) is 5.26 Å². The highest BCUT2D eigenvalue weighted by molar-refractivity contribution is 5.57. The summed E-state index contributed by atoms with van der Waals surface area (Å²) in [4.78, 5) is 3.85. The Hall–Kier alpha value is -2.62. The van der Waals surface area contributed by atoms with Crippen molar-refractivity contribution in [3.63, 3.8) is 0 Å². The van der Waals surface area contributed by atoms with Crippen molar-refractivity contribution < 1.29 is 17.6 Å². The van der Waals surface area contributed by atoms with Crippen LogP contribution in [0.15, 0.2) is 36.5 Å². The van der Waals surface area contributed by atoms with Crippen LogP contribution in [0.3, 0.4) is 0 Å². The molecule has 0 unspecified atom stereocenters. The predicted molar refractivity (Wildman–Crippen MR) is 63.6 cm³/mol. The molecule has 3 nitrogen and oxygen atoms in total. The average Bonchev–Trinajstić information content (AvgIpc) is 2.40. The number of hydrogen-bond acceptors (Lipinski definition) is 3. The summed E-state index contributed by atoms with van der Waals surface area (Å²) in [6.07, 6.45) is -3.49. The highest BCUT2D eigenvalue weighted by Gasteiger charge is 2.34. The Labute approximate surface area is 111 Å². The van der Waals surface area contributed by atoms with Gasteiger partial charge in [0, 0.05) is 11.9 Å². The molecule has 0 radical (unpaired) electrons. The molecule has 2 aromatic rings. The van der Waals surface area contributed by atoms with E-state index in [1.807, 2.05) is 6.07 Å². The largest absolute Gasteiger partial charge is 0.419 e. The lowest BCUT2D eigenvalue weighted by molar-refractivity contribution is -0.139. The maximum atomic E-state index is 13.1.